The lowest BCUT2D eigenvalue weighted by Gasteiger charge is -2.35. The minimum absolute atomic E-state index is 0.172. The third kappa shape index (κ3) is 3.74. The van der Waals surface area contributed by atoms with Crippen molar-refractivity contribution in [3.05, 3.63) is 65.7 Å². The van der Waals surface area contributed by atoms with Crippen LogP contribution in [0, 0.1) is 0 Å². The average Bonchev–Trinajstić information content (AvgIpc) is 2.78. The van der Waals surface area contributed by atoms with Crippen LogP contribution in [0.5, 0.6) is 5.75 Å². The van der Waals surface area contributed by atoms with Crippen LogP contribution in [0.15, 0.2) is 54.6 Å². The fourth-order valence-corrected chi connectivity index (χ4v) is 4.63. The maximum absolute atomic E-state index is 11.8. The van der Waals surface area contributed by atoms with E-state index >= 15 is 0 Å². The van der Waals surface area contributed by atoms with Gasteiger partial charge >= 0.3 is 5.97 Å². The van der Waals surface area contributed by atoms with Crippen LogP contribution >= 0.6 is 0 Å². The van der Waals surface area contributed by atoms with E-state index in [9.17, 15) is 4.79 Å². The Labute approximate surface area is 172 Å². The van der Waals surface area contributed by atoms with Gasteiger partial charge in [-0.3, -0.25) is 0 Å². The molecule has 0 radical (unpaired) electrons. The zero-order chi connectivity index (χ0) is 20.4. The standard InChI is InChI=1S/C26H28O3/c1-26(13-5-4-6-14-26)23-17-21(11-12-24(23)28-2)19-7-8-20-16-22(25(27)29-3)10-9-18(20)15-19/h7-12,15-17H,4-6,13-14H2,1-3H3. The number of benzene rings is 3. The Bertz CT molecular complexity index is 1050. The van der Waals surface area contributed by atoms with E-state index in [1.807, 2.05) is 18.2 Å². The van der Waals surface area contributed by atoms with Crippen molar-refractivity contribution in [2.75, 3.05) is 14.2 Å². The molecule has 0 aromatic heterocycles. The van der Waals surface area contributed by atoms with Crippen LogP contribution in [0.25, 0.3) is 21.9 Å². The summed E-state index contributed by atoms with van der Waals surface area (Å²) in [5.41, 5.74) is 4.44. The molecule has 1 aliphatic carbocycles. The van der Waals surface area contributed by atoms with Crippen LogP contribution in [-0.4, -0.2) is 20.2 Å². The Morgan fingerprint density at radius 2 is 1.48 bits per heavy atom. The number of methoxy groups -OCH3 is 2. The second-order valence-corrected chi connectivity index (χ2v) is 8.30. The number of ether oxygens (including phenoxy) is 2. The van der Waals surface area contributed by atoms with Gasteiger partial charge in [0.05, 0.1) is 19.8 Å². The monoisotopic (exact) mass is 388 g/mol. The van der Waals surface area contributed by atoms with Gasteiger partial charge in [0.15, 0.2) is 0 Å². The van der Waals surface area contributed by atoms with Crippen molar-refractivity contribution in [2.24, 2.45) is 0 Å². The first-order valence-electron chi connectivity index (χ1n) is 10.4. The first kappa shape index (κ1) is 19.5. The van der Waals surface area contributed by atoms with Crippen molar-refractivity contribution in [3.8, 4) is 16.9 Å². The van der Waals surface area contributed by atoms with Gasteiger partial charge in [0.2, 0.25) is 0 Å². The van der Waals surface area contributed by atoms with Gasteiger partial charge in [-0.1, -0.05) is 50.5 Å². The summed E-state index contributed by atoms with van der Waals surface area (Å²) in [7, 11) is 3.17. The van der Waals surface area contributed by atoms with Crippen LogP contribution < -0.4 is 4.74 Å². The molecule has 0 bridgehead atoms. The summed E-state index contributed by atoms with van der Waals surface area (Å²) in [5.74, 6) is 0.679. The maximum atomic E-state index is 11.8. The summed E-state index contributed by atoms with van der Waals surface area (Å²) >= 11 is 0. The minimum atomic E-state index is -0.309. The molecule has 3 nitrogen and oxygen atoms in total. The quantitative estimate of drug-likeness (QED) is 0.477. The molecule has 3 aromatic rings. The van der Waals surface area contributed by atoms with Gasteiger partial charge in [0.25, 0.3) is 0 Å². The van der Waals surface area contributed by atoms with E-state index in [2.05, 4.69) is 43.3 Å². The van der Waals surface area contributed by atoms with Crippen LogP contribution in [0.1, 0.15) is 54.9 Å². The lowest BCUT2D eigenvalue weighted by molar-refractivity contribution is 0.0601. The second kappa shape index (κ2) is 7.90. The van der Waals surface area contributed by atoms with Gasteiger partial charge in [0.1, 0.15) is 5.75 Å². The Morgan fingerprint density at radius 1 is 0.828 bits per heavy atom. The highest BCUT2D eigenvalue weighted by Gasteiger charge is 2.31. The Kier molecular flexibility index (Phi) is 5.31. The number of hydrogen-bond donors (Lipinski definition) is 0. The van der Waals surface area contributed by atoms with Crippen molar-refractivity contribution in [1.82, 2.24) is 0 Å². The minimum Gasteiger partial charge on any atom is -0.496 e. The van der Waals surface area contributed by atoms with Crippen LogP contribution in [-0.2, 0) is 10.2 Å². The van der Waals surface area contributed by atoms with Crippen LogP contribution in [0.2, 0.25) is 0 Å². The van der Waals surface area contributed by atoms with Crippen LogP contribution in [0.4, 0.5) is 0 Å². The molecule has 29 heavy (non-hydrogen) atoms. The number of carbonyl (C=O) groups excluding carboxylic acids is 1. The largest absolute Gasteiger partial charge is 0.496 e. The van der Waals surface area contributed by atoms with Gasteiger partial charge in [-0.05, 0) is 70.5 Å². The smallest absolute Gasteiger partial charge is 0.337 e. The molecule has 3 heteroatoms. The summed E-state index contributed by atoms with van der Waals surface area (Å²) in [6.45, 7) is 2.38. The van der Waals surface area contributed by atoms with E-state index in [1.54, 1.807) is 7.11 Å². The molecule has 150 valence electrons. The Balaban J connectivity index is 1.75. The summed E-state index contributed by atoms with van der Waals surface area (Å²) in [6.07, 6.45) is 6.31. The molecule has 0 saturated heterocycles. The zero-order valence-electron chi connectivity index (χ0n) is 17.5. The molecule has 1 aliphatic rings. The van der Waals surface area contributed by atoms with E-state index in [4.69, 9.17) is 9.47 Å². The molecule has 4 rings (SSSR count). The number of fused-ring (bicyclic) bond motifs is 1. The SMILES string of the molecule is COC(=O)c1ccc2cc(-c3ccc(OC)c(C4(C)CCCCC4)c3)ccc2c1. The molecule has 0 N–H and O–H groups in total. The molecule has 3 aromatic carbocycles. The molecular formula is C26H28O3. The summed E-state index contributed by atoms with van der Waals surface area (Å²) in [4.78, 5) is 11.8. The van der Waals surface area contributed by atoms with Crippen molar-refractivity contribution in [3.63, 3.8) is 0 Å². The van der Waals surface area contributed by atoms with Gasteiger partial charge in [0, 0.05) is 5.56 Å². The third-order valence-corrected chi connectivity index (χ3v) is 6.40. The van der Waals surface area contributed by atoms with E-state index in [0.29, 0.717) is 5.56 Å². The van der Waals surface area contributed by atoms with E-state index in [0.717, 1.165) is 16.5 Å². The maximum Gasteiger partial charge on any atom is 0.337 e. The molecule has 0 aliphatic heterocycles. The number of hydrogen-bond acceptors (Lipinski definition) is 3. The Hall–Kier alpha value is -2.81. The highest BCUT2D eigenvalue weighted by Crippen LogP contribution is 2.44. The number of rotatable bonds is 4. The van der Waals surface area contributed by atoms with Gasteiger partial charge in [-0.2, -0.15) is 0 Å². The second-order valence-electron chi connectivity index (χ2n) is 8.30. The first-order chi connectivity index (χ1) is 14.0. The van der Waals surface area contributed by atoms with Crippen molar-refractivity contribution < 1.29 is 14.3 Å². The van der Waals surface area contributed by atoms with E-state index in [-0.39, 0.29) is 11.4 Å². The van der Waals surface area contributed by atoms with Crippen molar-refractivity contribution in [1.29, 1.82) is 0 Å². The van der Waals surface area contributed by atoms with Gasteiger partial charge in [-0.15, -0.1) is 0 Å². The number of carbonyl (C=O) groups is 1. The van der Waals surface area contributed by atoms with Crippen molar-refractivity contribution in [2.45, 2.75) is 44.4 Å². The molecule has 0 heterocycles. The Morgan fingerprint density at radius 3 is 2.21 bits per heavy atom. The summed E-state index contributed by atoms with van der Waals surface area (Å²) < 4.78 is 10.6. The van der Waals surface area contributed by atoms with E-state index < -0.39 is 0 Å². The molecule has 1 fully saturated rings. The molecule has 0 spiro atoms. The first-order valence-corrected chi connectivity index (χ1v) is 10.4. The lowest BCUT2D eigenvalue weighted by Crippen LogP contribution is -2.25. The fraction of sp³-hybridized carbons (Fsp3) is 0.346. The third-order valence-electron chi connectivity index (χ3n) is 6.40. The topological polar surface area (TPSA) is 35.5 Å². The van der Waals surface area contributed by atoms with Crippen molar-refractivity contribution >= 4 is 16.7 Å². The van der Waals surface area contributed by atoms with Crippen LogP contribution in [0.3, 0.4) is 0 Å². The number of esters is 1. The predicted molar refractivity (Wildman–Crippen MR) is 118 cm³/mol. The average molecular weight is 389 g/mol. The molecule has 0 unspecified atom stereocenters. The van der Waals surface area contributed by atoms with Gasteiger partial charge < -0.3 is 9.47 Å². The molecule has 0 amide bonds. The zero-order valence-corrected chi connectivity index (χ0v) is 17.5. The predicted octanol–water partition coefficient (Wildman–Crippen LogP) is 6.52. The molecule has 0 atom stereocenters. The highest BCUT2D eigenvalue weighted by atomic mass is 16.5. The summed E-state index contributed by atoms with van der Waals surface area (Å²) in [6, 6.07) is 18.6. The summed E-state index contributed by atoms with van der Waals surface area (Å²) in [5, 5.41) is 2.14. The molecular weight excluding hydrogens is 360 g/mol. The van der Waals surface area contributed by atoms with Gasteiger partial charge in [-0.25, -0.2) is 4.79 Å². The highest BCUT2D eigenvalue weighted by molar-refractivity contribution is 5.96. The fourth-order valence-electron chi connectivity index (χ4n) is 4.63. The lowest BCUT2D eigenvalue weighted by atomic mass is 9.70. The molecule has 1 saturated carbocycles. The normalized spacial score (nSPS) is 15.8. The van der Waals surface area contributed by atoms with E-state index in [1.165, 1.54) is 55.9 Å².